The molecule has 8 rings (SSSR count). The molecule has 4 aliphatic rings. The second-order valence-electron chi connectivity index (χ2n) is 14.7. The second kappa shape index (κ2) is 17.2. The Hall–Kier alpha value is -3.15. The molecule has 3 aliphatic heterocycles. The lowest BCUT2D eigenvalue weighted by atomic mass is 9.93. The van der Waals surface area contributed by atoms with Gasteiger partial charge in [0.2, 0.25) is 30.1 Å². The first kappa shape index (κ1) is 40.6. The van der Waals surface area contributed by atoms with Crippen molar-refractivity contribution in [2.24, 2.45) is 0 Å². The molecule has 1 atom stereocenters. The van der Waals surface area contributed by atoms with E-state index in [4.69, 9.17) is 23.7 Å². The van der Waals surface area contributed by atoms with Crippen LogP contribution in [0, 0.1) is 11.8 Å². The van der Waals surface area contributed by atoms with E-state index in [2.05, 4.69) is 11.8 Å². The van der Waals surface area contributed by atoms with Crippen LogP contribution in [0.1, 0.15) is 44.9 Å². The maximum absolute atomic E-state index is 14.5. The van der Waals surface area contributed by atoms with Gasteiger partial charge in [-0.1, -0.05) is 30.5 Å². The van der Waals surface area contributed by atoms with Crippen LogP contribution in [0.5, 0.6) is 5.75 Å². The van der Waals surface area contributed by atoms with Crippen LogP contribution in [0.25, 0.3) is 32.3 Å². The Balaban J connectivity index is 1.26. The van der Waals surface area contributed by atoms with Crippen LogP contribution in [0.3, 0.4) is 0 Å². The zero-order valence-corrected chi connectivity index (χ0v) is 34.4. The number of hydrogen-bond acceptors (Lipinski definition) is 11. The predicted molar refractivity (Wildman–Crippen MR) is 214 cm³/mol. The number of unbranched alkanes of at least 4 members (excludes halogenated alkanes) is 1. The van der Waals surface area contributed by atoms with Crippen molar-refractivity contribution in [2.75, 3.05) is 92.1 Å². The highest BCUT2D eigenvalue weighted by molar-refractivity contribution is 7.90. The van der Waals surface area contributed by atoms with Gasteiger partial charge in [-0.25, -0.2) is 25.3 Å². The molecule has 3 fully saturated rings. The number of nitrogens with zero attached hydrogens (tertiary/aromatic N) is 3. The van der Waals surface area contributed by atoms with Crippen molar-refractivity contribution in [3.05, 3.63) is 36.4 Å². The first-order valence-electron chi connectivity index (χ1n) is 19.8. The lowest BCUT2D eigenvalue weighted by molar-refractivity contribution is 0.0729. The number of hydrogen-bond donors (Lipinski definition) is 0. The highest BCUT2D eigenvalue weighted by Gasteiger charge is 2.36. The van der Waals surface area contributed by atoms with Crippen LogP contribution in [-0.2, 0) is 49.0 Å². The molecular formula is C40H49N3O11S3. The summed E-state index contributed by atoms with van der Waals surface area (Å²) in [7, 11) is -12.6. The molecule has 3 heterocycles. The number of rotatable bonds is 13. The van der Waals surface area contributed by atoms with Crippen molar-refractivity contribution < 1.29 is 48.9 Å². The van der Waals surface area contributed by atoms with E-state index in [-0.39, 0.29) is 117 Å². The van der Waals surface area contributed by atoms with E-state index in [1.807, 2.05) is 0 Å². The number of benzene rings is 4. The first-order chi connectivity index (χ1) is 27.6. The molecule has 0 saturated carbocycles. The van der Waals surface area contributed by atoms with E-state index < -0.39 is 30.1 Å². The lowest BCUT2D eigenvalue weighted by Crippen LogP contribution is -2.41. The largest absolute Gasteiger partial charge is 0.493 e. The lowest BCUT2D eigenvalue weighted by Gasteiger charge is -2.30. The minimum absolute atomic E-state index is 0.00786. The molecule has 17 heteroatoms. The van der Waals surface area contributed by atoms with Crippen LogP contribution < -0.4 is 4.74 Å². The summed E-state index contributed by atoms with van der Waals surface area (Å²) in [6, 6.07) is 9.46. The second-order valence-corrected chi connectivity index (χ2v) is 20.4. The minimum Gasteiger partial charge on any atom is -0.493 e. The summed E-state index contributed by atoms with van der Waals surface area (Å²) in [6.45, 7) is 2.82. The Morgan fingerprint density at radius 1 is 0.579 bits per heavy atom. The van der Waals surface area contributed by atoms with Crippen molar-refractivity contribution in [3.63, 3.8) is 0 Å². The molecule has 308 valence electrons. The van der Waals surface area contributed by atoms with Crippen LogP contribution in [0.4, 0.5) is 0 Å². The topological polar surface area (TPSA) is 158 Å². The fourth-order valence-electron chi connectivity index (χ4n) is 8.12. The molecule has 4 aromatic carbocycles. The molecule has 3 saturated heterocycles. The minimum atomic E-state index is -4.25. The van der Waals surface area contributed by atoms with E-state index in [9.17, 15) is 25.3 Å². The van der Waals surface area contributed by atoms with Gasteiger partial charge in [-0.3, -0.25) is 0 Å². The van der Waals surface area contributed by atoms with Gasteiger partial charge < -0.3 is 23.7 Å². The van der Waals surface area contributed by atoms with Crippen molar-refractivity contribution in [1.82, 2.24) is 12.9 Å². The molecule has 0 radical (unpaired) electrons. The van der Waals surface area contributed by atoms with E-state index in [0.717, 1.165) is 32.1 Å². The molecule has 0 N–H and O–H groups in total. The summed E-state index contributed by atoms with van der Waals surface area (Å²) < 4.78 is 120. The zero-order valence-electron chi connectivity index (χ0n) is 31.9. The maximum Gasteiger partial charge on any atom is 0.243 e. The smallest absolute Gasteiger partial charge is 0.243 e. The molecule has 4 aromatic rings. The molecular weight excluding hydrogens is 795 g/mol. The number of sulfonamides is 3. The molecule has 1 aliphatic carbocycles. The van der Waals surface area contributed by atoms with Gasteiger partial charge in [0.25, 0.3) is 0 Å². The number of morpholine rings is 3. The molecule has 1 unspecified atom stereocenters. The molecule has 57 heavy (non-hydrogen) atoms. The summed E-state index contributed by atoms with van der Waals surface area (Å²) in [5, 5.41) is 2.21. The van der Waals surface area contributed by atoms with E-state index >= 15 is 0 Å². The molecule has 0 amide bonds. The van der Waals surface area contributed by atoms with Crippen LogP contribution >= 0.6 is 0 Å². The van der Waals surface area contributed by atoms with Gasteiger partial charge in [-0.05, 0) is 44.2 Å². The van der Waals surface area contributed by atoms with Crippen molar-refractivity contribution in [3.8, 4) is 17.6 Å². The molecule has 0 aromatic heterocycles. The van der Waals surface area contributed by atoms with E-state index in [1.165, 1.54) is 19.0 Å². The van der Waals surface area contributed by atoms with Gasteiger partial charge >= 0.3 is 0 Å². The molecule has 14 nitrogen and oxygen atoms in total. The Morgan fingerprint density at radius 2 is 1.04 bits per heavy atom. The van der Waals surface area contributed by atoms with Crippen molar-refractivity contribution in [1.29, 1.82) is 0 Å². The average molecular weight is 844 g/mol. The third kappa shape index (κ3) is 8.10. The summed E-state index contributed by atoms with van der Waals surface area (Å²) in [6.07, 6.45) is 6.43. The van der Waals surface area contributed by atoms with Crippen LogP contribution in [0.2, 0.25) is 0 Å². The van der Waals surface area contributed by atoms with Gasteiger partial charge in [0.1, 0.15) is 11.9 Å². The predicted octanol–water partition coefficient (Wildman–Crippen LogP) is 4.16. The normalized spacial score (nSPS) is 21.4. The van der Waals surface area contributed by atoms with Gasteiger partial charge in [0, 0.05) is 90.7 Å². The van der Waals surface area contributed by atoms with Gasteiger partial charge in [0.05, 0.1) is 60.9 Å². The Morgan fingerprint density at radius 3 is 1.56 bits per heavy atom. The van der Waals surface area contributed by atoms with Crippen molar-refractivity contribution >= 4 is 62.4 Å². The van der Waals surface area contributed by atoms with Gasteiger partial charge in [0.15, 0.2) is 0 Å². The Labute approximate surface area is 334 Å². The van der Waals surface area contributed by atoms with E-state index in [1.54, 1.807) is 30.3 Å². The zero-order chi connectivity index (χ0) is 39.6. The Bertz CT molecular complexity index is 2420. The summed E-state index contributed by atoms with van der Waals surface area (Å²) in [4.78, 5) is -0.349. The highest BCUT2D eigenvalue weighted by atomic mass is 32.2. The third-order valence-corrected chi connectivity index (χ3v) is 17.0. The summed E-state index contributed by atoms with van der Waals surface area (Å²) in [5.41, 5.74) is 0. The van der Waals surface area contributed by atoms with Crippen molar-refractivity contribution in [2.45, 2.75) is 65.7 Å². The standard InChI is InChI=1S/C40H49N3O11S3/c44-55(45,41-14-22-50-23-15-41)36-28-35(54-21-7-6-20-53-30-8-4-2-1-3-5-9-30)31-10-11-33-37(56(46,47)42-16-24-51-25-17-42)29-38(34-13-12-32(36)39(31)40(33)34)57(48,49)43-18-26-52-27-19-43/h10-13,28-30H,1-4,6-8,14-27H2. The highest BCUT2D eigenvalue weighted by Crippen LogP contribution is 2.46. The summed E-state index contributed by atoms with van der Waals surface area (Å²) >= 11 is 0. The van der Waals surface area contributed by atoms with Gasteiger partial charge in [-0.2, -0.15) is 12.9 Å². The Kier molecular flexibility index (Phi) is 12.3. The molecule has 0 bridgehead atoms. The quantitative estimate of drug-likeness (QED) is 0.108. The van der Waals surface area contributed by atoms with Gasteiger partial charge in [-0.15, -0.1) is 5.92 Å². The number of ether oxygens (including phenoxy) is 5. The first-order valence-corrected chi connectivity index (χ1v) is 24.2. The fourth-order valence-corrected chi connectivity index (χ4v) is 13.1. The maximum atomic E-state index is 14.5. The monoisotopic (exact) mass is 843 g/mol. The summed E-state index contributed by atoms with van der Waals surface area (Å²) in [5.74, 6) is 6.74. The fraction of sp³-hybridized carbons (Fsp3) is 0.550. The average Bonchev–Trinajstić information content (AvgIpc) is 3.22. The SMILES string of the molecule is O=S(=O)(c1cc(OCCCCOC2C#CCCCCC2)c2ccc3c(S(=O)(=O)N4CCOCC4)cc(S(=O)(=O)N4CCOCC4)c4ccc1c2c34)N1CCOCC1. The molecule has 0 spiro atoms. The van der Waals surface area contributed by atoms with Crippen LogP contribution in [-0.4, -0.2) is 136 Å². The van der Waals surface area contributed by atoms with E-state index in [0.29, 0.717) is 46.7 Å². The third-order valence-electron chi connectivity index (χ3n) is 11.2. The van der Waals surface area contributed by atoms with Crippen LogP contribution in [0.15, 0.2) is 51.1 Å².